The van der Waals surface area contributed by atoms with Crippen LogP contribution >= 0.6 is 0 Å². The zero-order chi connectivity index (χ0) is 63.0. The van der Waals surface area contributed by atoms with Gasteiger partial charge in [-0.15, -0.1) is 26.3 Å². The molecule has 6 aromatic carbocycles. The Kier molecular flexibility index (Phi) is 24.2. The second-order valence-corrected chi connectivity index (χ2v) is 23.4. The molecule has 2 aliphatic heterocycles. The van der Waals surface area contributed by atoms with Crippen LogP contribution in [0, 0.1) is 0 Å². The minimum atomic E-state index is 0.715. The lowest BCUT2D eigenvalue weighted by atomic mass is 10.1. The Labute approximate surface area is 532 Å². The zero-order valence-electron chi connectivity index (χ0n) is 53.3. The Morgan fingerprint density at radius 1 is 0.489 bits per heavy atom. The van der Waals surface area contributed by atoms with E-state index in [0.717, 1.165) is 95.7 Å². The molecule has 0 amide bonds. The van der Waals surface area contributed by atoms with Crippen LogP contribution in [-0.4, -0.2) is 115 Å². The summed E-state index contributed by atoms with van der Waals surface area (Å²) in [7, 11) is 8.60. The van der Waals surface area contributed by atoms with Crippen LogP contribution < -0.4 is 5.32 Å². The number of benzene rings is 6. The van der Waals surface area contributed by atoms with Crippen LogP contribution in [0.3, 0.4) is 0 Å². The molecule has 12 aromatic rings. The Balaban J connectivity index is 0.000000129. The minimum Gasteiger partial charge on any atom is -0.361 e. The molecule has 0 bridgehead atoms. The number of hydrogen-bond acceptors (Lipinski definition) is 6. The first-order valence-corrected chi connectivity index (χ1v) is 31.4. The van der Waals surface area contributed by atoms with Crippen molar-refractivity contribution in [2.75, 3.05) is 60.9 Å². The largest absolute Gasteiger partial charge is 0.361 e. The smallest absolute Gasteiger partial charge is 0.152 e. The van der Waals surface area contributed by atoms with Crippen LogP contribution in [0.2, 0.25) is 0 Å². The van der Waals surface area contributed by atoms with Gasteiger partial charge in [0.25, 0.3) is 0 Å². The van der Waals surface area contributed by atoms with Crippen molar-refractivity contribution in [1.29, 1.82) is 0 Å². The van der Waals surface area contributed by atoms with Gasteiger partial charge in [-0.25, -0.2) is 0 Å². The average Bonchev–Trinajstić information content (AvgIpc) is 2.22. The summed E-state index contributed by atoms with van der Waals surface area (Å²) in [5, 5.41) is 10.9. The van der Waals surface area contributed by atoms with Crippen molar-refractivity contribution in [1.82, 2.24) is 53.6 Å². The number of aldehydes is 1. The number of likely N-dealkylation sites (N-methyl/N-ethyl adjacent to an activating group) is 3. The fraction of sp³-hybridized carbons (Fsp3) is 0.244. The molecular weight excluding hydrogens is 1110 g/mol. The van der Waals surface area contributed by atoms with E-state index in [2.05, 4.69) is 260 Å². The van der Waals surface area contributed by atoms with Gasteiger partial charge in [-0.05, 0) is 145 Å². The molecular formula is C78H91N11O. The van der Waals surface area contributed by atoms with Crippen molar-refractivity contribution >= 4 is 71.7 Å². The maximum absolute atomic E-state index is 10.5. The van der Waals surface area contributed by atoms with E-state index in [1.807, 2.05) is 61.1 Å². The molecule has 90 heavy (non-hydrogen) atoms. The lowest BCUT2D eigenvalue weighted by molar-refractivity contribution is 0.112. The van der Waals surface area contributed by atoms with Gasteiger partial charge in [-0.1, -0.05) is 140 Å². The summed E-state index contributed by atoms with van der Waals surface area (Å²) in [5.74, 6) is 0. The third-order valence-electron chi connectivity index (χ3n) is 16.4. The number of hydrogen-bond donors (Lipinski definition) is 4. The van der Waals surface area contributed by atoms with Gasteiger partial charge in [-0.3, -0.25) is 19.5 Å². The summed E-state index contributed by atoms with van der Waals surface area (Å²) >= 11 is 0. The van der Waals surface area contributed by atoms with Gasteiger partial charge in [0.2, 0.25) is 0 Å². The maximum Gasteiger partial charge on any atom is 0.152 e. The predicted molar refractivity (Wildman–Crippen MR) is 382 cm³/mol. The topological polar surface area (TPSA) is 104 Å². The molecule has 0 saturated heterocycles. The summed E-state index contributed by atoms with van der Waals surface area (Å²) in [6.45, 7) is 27.8. The molecule has 12 heteroatoms. The van der Waals surface area contributed by atoms with E-state index in [-0.39, 0.29) is 0 Å². The lowest BCUT2D eigenvalue weighted by Gasteiger charge is -2.16. The van der Waals surface area contributed by atoms with Crippen molar-refractivity contribution in [2.24, 2.45) is 0 Å². The van der Waals surface area contributed by atoms with E-state index in [0.29, 0.717) is 5.56 Å². The number of aromatic amines is 3. The highest BCUT2D eigenvalue weighted by molar-refractivity contribution is 5.96. The highest BCUT2D eigenvalue weighted by Gasteiger charge is 2.13. The maximum atomic E-state index is 10.5. The highest BCUT2D eigenvalue weighted by Crippen LogP contribution is 2.26. The number of para-hydroxylation sites is 6. The summed E-state index contributed by atoms with van der Waals surface area (Å²) < 4.78 is 7.00. The Morgan fingerprint density at radius 2 is 0.989 bits per heavy atom. The van der Waals surface area contributed by atoms with Gasteiger partial charge < -0.3 is 38.9 Å². The van der Waals surface area contributed by atoms with Gasteiger partial charge in [0.05, 0.1) is 22.1 Å². The van der Waals surface area contributed by atoms with Crippen molar-refractivity contribution in [3.63, 3.8) is 0 Å². The van der Waals surface area contributed by atoms with Crippen LogP contribution in [0.25, 0.3) is 65.4 Å². The normalized spacial score (nSPS) is 13.5. The highest BCUT2D eigenvalue weighted by atomic mass is 16.1. The molecule has 0 fully saturated rings. The number of H-pyrrole nitrogens is 3. The molecule has 0 spiro atoms. The molecule has 0 saturated carbocycles. The molecule has 4 N–H and O–H groups in total. The molecule has 0 unspecified atom stereocenters. The number of nitrogens with zero attached hydrogens (tertiary/aromatic N) is 7. The molecule has 464 valence electrons. The van der Waals surface area contributed by atoms with Crippen molar-refractivity contribution in [2.45, 2.75) is 65.2 Å². The number of nitrogens with one attached hydrogen (secondary N) is 4. The van der Waals surface area contributed by atoms with Crippen LogP contribution in [0.15, 0.2) is 246 Å². The number of aryl methyl sites for hydroxylation is 1. The monoisotopic (exact) mass is 1200 g/mol. The van der Waals surface area contributed by atoms with Crippen molar-refractivity contribution < 1.29 is 4.79 Å². The molecule has 0 aliphatic carbocycles. The predicted octanol–water partition coefficient (Wildman–Crippen LogP) is 16.2. The summed E-state index contributed by atoms with van der Waals surface area (Å²) in [4.78, 5) is 29.3. The summed E-state index contributed by atoms with van der Waals surface area (Å²) in [6.07, 6.45) is 27.9. The van der Waals surface area contributed by atoms with E-state index in [1.165, 1.54) is 102 Å². The number of carbonyl (C=O) groups is 1. The van der Waals surface area contributed by atoms with E-state index < -0.39 is 0 Å². The fourth-order valence-corrected chi connectivity index (χ4v) is 12.1. The van der Waals surface area contributed by atoms with E-state index >= 15 is 0 Å². The Morgan fingerprint density at radius 3 is 1.62 bits per heavy atom. The van der Waals surface area contributed by atoms with Gasteiger partial charge in [0.1, 0.15) is 0 Å². The molecule has 8 heterocycles. The van der Waals surface area contributed by atoms with Crippen LogP contribution in [0.4, 0.5) is 0 Å². The van der Waals surface area contributed by atoms with Crippen LogP contribution in [0.5, 0.6) is 0 Å². The molecule has 14 rings (SSSR count). The van der Waals surface area contributed by atoms with Gasteiger partial charge >= 0.3 is 0 Å². The first kappa shape index (κ1) is 65.2. The molecule has 2 aliphatic rings. The van der Waals surface area contributed by atoms with Gasteiger partial charge in [0, 0.05) is 138 Å². The molecule has 0 atom stereocenters. The average molecular weight is 1200 g/mol. The fourth-order valence-electron chi connectivity index (χ4n) is 12.1. The first-order chi connectivity index (χ1) is 44.1. The van der Waals surface area contributed by atoms with Crippen molar-refractivity contribution in [3.05, 3.63) is 279 Å². The Bertz CT molecular complexity index is 4270. The van der Waals surface area contributed by atoms with Gasteiger partial charge in [-0.2, -0.15) is 0 Å². The third kappa shape index (κ3) is 17.3. The van der Waals surface area contributed by atoms with Crippen LogP contribution in [-0.2, 0) is 52.4 Å². The minimum absolute atomic E-state index is 0.715. The van der Waals surface area contributed by atoms with E-state index in [1.54, 1.807) is 6.07 Å². The molecule has 12 nitrogen and oxygen atoms in total. The van der Waals surface area contributed by atoms with Crippen LogP contribution in [0.1, 0.15) is 51.0 Å². The summed E-state index contributed by atoms with van der Waals surface area (Å²) in [5.41, 5.74) is 15.1. The number of aromatic nitrogens is 6. The zero-order valence-corrected chi connectivity index (χ0v) is 53.3. The number of rotatable bonds is 15. The number of fused-ring (bicyclic) bond motifs is 4. The number of allylic oxidation sites excluding steroid dienone is 2. The molecule has 6 aromatic heterocycles. The Hall–Kier alpha value is -9.27. The standard InChI is InChI=1S/C16H20N2.C14H18N2.C14H16N2.C13H16N2.C12H14N2.C9H7NO/c1-4-10-17(3)13-15-8-6-7-14-9-12-18(11-5-2)16(14)15;2*1-15-8-2-3-9-16-10-7-12-5-4-6-13(11-15)14(12)16;1-3-9-15(2)10-12-6-4-5-11-7-8-14-13(11)12;1-2-7-13-9-11-5-3-4-10-6-8-14-12(10)11;11-6-8-3-1-2-7-4-5-10-9(7)8/h4-9,12H,1-2,10-11,13H2,3H3;4-7,10H,2-3,8-9,11H2,1H3;2-7,10H,8-9,11H2,1H3;3-8,14H,1,9-10H2,2H3;2-6,8,13-14H,1,7,9H2;1-6,10H/b;;3-2-;;;. The quantitative estimate of drug-likeness (QED) is 0.0463. The second-order valence-electron chi connectivity index (χ2n) is 23.4. The number of carbonyl (C=O) groups excluding carboxylic acids is 1. The molecule has 0 radical (unpaired) electrons. The SMILES string of the molecule is C=CCN(C)Cc1cccc2cc[nH]c12.C=CCN(C)Cc1cccc2ccn(CC=C)c12.C=CCNCc1cccc2cc[nH]c12.CN1C/C=C\Cn2ccc3cccc(c32)C1.CN1CCCCn2ccc3cccc(c32)C1.O=Cc1cccc2cc[nH]c12. The second kappa shape index (κ2) is 33.4. The van der Waals surface area contributed by atoms with E-state index in [9.17, 15) is 4.79 Å². The third-order valence-corrected chi connectivity index (χ3v) is 16.4. The van der Waals surface area contributed by atoms with E-state index in [4.69, 9.17) is 0 Å². The van der Waals surface area contributed by atoms with Crippen molar-refractivity contribution in [3.8, 4) is 0 Å². The first-order valence-electron chi connectivity index (χ1n) is 31.4. The van der Waals surface area contributed by atoms with Gasteiger partial charge in [0.15, 0.2) is 6.29 Å². The lowest BCUT2D eigenvalue weighted by Crippen LogP contribution is -2.18. The summed E-state index contributed by atoms with van der Waals surface area (Å²) in [6, 6.07) is 50.8.